The number of amides is 1. The number of H-pyrrole nitrogens is 1. The summed E-state index contributed by atoms with van der Waals surface area (Å²) in [5.74, 6) is 0.0970. The van der Waals surface area contributed by atoms with Crippen molar-refractivity contribution < 1.29 is 4.79 Å². The van der Waals surface area contributed by atoms with E-state index in [9.17, 15) is 4.79 Å². The average molecular weight is 426 g/mol. The van der Waals surface area contributed by atoms with Gasteiger partial charge in [-0.1, -0.05) is 0 Å². The second kappa shape index (κ2) is 7.35. The summed E-state index contributed by atoms with van der Waals surface area (Å²) in [6.45, 7) is 4.47. The molecule has 1 fully saturated rings. The molecule has 0 radical (unpaired) electrons. The number of fused-ring (bicyclic) bond motifs is 2. The molecule has 1 aromatic carbocycles. The molecule has 32 heavy (non-hydrogen) atoms. The first kappa shape index (κ1) is 19.3. The van der Waals surface area contributed by atoms with Crippen molar-refractivity contribution in [3.8, 4) is 11.1 Å². The molecule has 4 aromatic rings. The Hall–Kier alpha value is -3.38. The van der Waals surface area contributed by atoms with Crippen molar-refractivity contribution >= 4 is 16.9 Å². The third kappa shape index (κ3) is 3.14. The first-order valence-electron chi connectivity index (χ1n) is 11.3. The minimum atomic E-state index is 0.0970. The summed E-state index contributed by atoms with van der Waals surface area (Å²) in [7, 11) is 1.95. The van der Waals surface area contributed by atoms with Crippen molar-refractivity contribution in [2.24, 2.45) is 7.05 Å². The largest absolute Gasteiger partial charge is 0.356 e. The van der Waals surface area contributed by atoms with Gasteiger partial charge in [-0.25, -0.2) is 4.98 Å². The molecule has 1 amide bonds. The standard InChI is InChI=1S/C26H27N5O/c1-16-11-28-25-21(16)10-19(12-29-25)18-8-20-14-31(26(32)17-5-7-30(2)13-17)15-23(20)22(9-18)24-4-3-6-27-24/h5,7-13,24,27H,3-4,6,14-15H2,1-2H3,(H,28,29)/t24-/m0/s1. The zero-order chi connectivity index (χ0) is 21.8. The summed E-state index contributed by atoms with van der Waals surface area (Å²) in [4.78, 5) is 23.0. The lowest BCUT2D eigenvalue weighted by Crippen LogP contribution is -2.25. The van der Waals surface area contributed by atoms with Crippen LogP contribution in [-0.4, -0.2) is 31.9 Å². The number of benzene rings is 1. The van der Waals surface area contributed by atoms with Crippen LogP contribution in [-0.2, 0) is 20.1 Å². The normalized spacial score (nSPS) is 17.9. The monoisotopic (exact) mass is 425 g/mol. The Morgan fingerprint density at radius 2 is 2.09 bits per heavy atom. The van der Waals surface area contributed by atoms with Crippen LogP contribution >= 0.6 is 0 Å². The highest BCUT2D eigenvalue weighted by molar-refractivity contribution is 5.94. The Morgan fingerprint density at radius 3 is 2.88 bits per heavy atom. The number of rotatable bonds is 3. The SMILES string of the molecule is Cc1c[nH]c2ncc(-c3cc4c(c([C@@H]5CCCN5)c3)CN(C(=O)c3ccn(C)c3)C4)cc12. The second-order valence-electron chi connectivity index (χ2n) is 9.17. The van der Waals surface area contributed by atoms with Gasteiger partial charge in [-0.3, -0.25) is 4.79 Å². The number of carbonyl (C=O) groups is 1. The third-order valence-electron chi connectivity index (χ3n) is 6.96. The van der Waals surface area contributed by atoms with Crippen molar-refractivity contribution in [1.82, 2.24) is 24.8 Å². The highest BCUT2D eigenvalue weighted by atomic mass is 16.2. The fraction of sp³-hybridized carbons (Fsp3) is 0.308. The molecule has 2 aliphatic rings. The molecule has 0 spiro atoms. The quantitative estimate of drug-likeness (QED) is 0.509. The second-order valence-corrected chi connectivity index (χ2v) is 9.17. The van der Waals surface area contributed by atoms with Gasteiger partial charge < -0.3 is 19.8 Å². The van der Waals surface area contributed by atoms with Crippen LogP contribution in [0.25, 0.3) is 22.2 Å². The van der Waals surface area contributed by atoms with Crippen LogP contribution in [0.4, 0.5) is 0 Å². The fourth-order valence-electron chi connectivity index (χ4n) is 5.22. The Bertz CT molecular complexity index is 1340. The Balaban J connectivity index is 1.42. The van der Waals surface area contributed by atoms with Gasteiger partial charge in [0.2, 0.25) is 0 Å². The smallest absolute Gasteiger partial charge is 0.255 e. The van der Waals surface area contributed by atoms with E-state index in [0.29, 0.717) is 19.1 Å². The molecule has 0 unspecified atom stereocenters. The van der Waals surface area contributed by atoms with Crippen molar-refractivity contribution in [2.75, 3.05) is 6.54 Å². The molecule has 6 heteroatoms. The molecule has 6 nitrogen and oxygen atoms in total. The zero-order valence-electron chi connectivity index (χ0n) is 18.5. The van der Waals surface area contributed by atoms with Crippen molar-refractivity contribution in [2.45, 2.75) is 38.9 Å². The summed E-state index contributed by atoms with van der Waals surface area (Å²) >= 11 is 0. The van der Waals surface area contributed by atoms with Crippen molar-refractivity contribution in [3.05, 3.63) is 76.9 Å². The maximum absolute atomic E-state index is 13.2. The van der Waals surface area contributed by atoms with Crippen molar-refractivity contribution in [1.29, 1.82) is 0 Å². The van der Waals surface area contributed by atoms with Gasteiger partial charge in [-0.2, -0.15) is 0 Å². The lowest BCUT2D eigenvalue weighted by atomic mass is 9.91. The lowest BCUT2D eigenvalue weighted by Gasteiger charge is -2.18. The number of aryl methyl sites for hydroxylation is 2. The number of hydrogen-bond acceptors (Lipinski definition) is 3. The van der Waals surface area contributed by atoms with E-state index in [2.05, 4.69) is 40.4 Å². The van der Waals surface area contributed by atoms with Gasteiger partial charge in [0, 0.05) is 61.9 Å². The van der Waals surface area contributed by atoms with Gasteiger partial charge in [0.05, 0.1) is 5.56 Å². The molecule has 1 atom stereocenters. The first-order chi connectivity index (χ1) is 15.6. The highest BCUT2D eigenvalue weighted by Crippen LogP contribution is 2.38. The van der Waals surface area contributed by atoms with Gasteiger partial charge in [0.15, 0.2) is 0 Å². The van der Waals surface area contributed by atoms with E-state index in [1.54, 1.807) is 0 Å². The number of aromatic amines is 1. The molecule has 2 N–H and O–H groups in total. The number of aromatic nitrogens is 3. The van der Waals surface area contributed by atoms with Crippen LogP contribution in [0.3, 0.4) is 0 Å². The van der Waals surface area contributed by atoms with E-state index in [4.69, 9.17) is 0 Å². The number of pyridine rings is 1. The number of carbonyl (C=O) groups excluding carboxylic acids is 1. The van der Waals surface area contributed by atoms with Crippen LogP contribution in [0.5, 0.6) is 0 Å². The summed E-state index contributed by atoms with van der Waals surface area (Å²) in [6.07, 6.45) is 10.1. The van der Waals surface area contributed by atoms with Crippen LogP contribution in [0.15, 0.2) is 49.1 Å². The topological polar surface area (TPSA) is 66.0 Å². The van der Waals surface area contributed by atoms with Crippen LogP contribution in [0.1, 0.15) is 51.5 Å². The Kier molecular flexibility index (Phi) is 4.43. The van der Waals surface area contributed by atoms with E-state index in [1.807, 2.05) is 47.4 Å². The third-order valence-corrected chi connectivity index (χ3v) is 6.96. The van der Waals surface area contributed by atoms with Crippen molar-refractivity contribution in [3.63, 3.8) is 0 Å². The zero-order valence-corrected chi connectivity index (χ0v) is 18.5. The van der Waals surface area contributed by atoms with Gasteiger partial charge in [-0.15, -0.1) is 0 Å². The minimum absolute atomic E-state index is 0.0970. The average Bonchev–Trinajstić information content (AvgIpc) is 3.59. The van der Waals surface area contributed by atoms with E-state index < -0.39 is 0 Å². The number of nitrogens with one attached hydrogen (secondary N) is 2. The van der Waals surface area contributed by atoms with Crippen LogP contribution < -0.4 is 5.32 Å². The predicted octanol–water partition coefficient (Wildman–Crippen LogP) is 4.46. The van der Waals surface area contributed by atoms with Crippen LogP contribution in [0.2, 0.25) is 0 Å². The number of nitrogens with zero attached hydrogens (tertiary/aromatic N) is 3. The summed E-state index contributed by atoms with van der Waals surface area (Å²) < 4.78 is 1.93. The summed E-state index contributed by atoms with van der Waals surface area (Å²) in [5, 5.41) is 4.82. The predicted molar refractivity (Wildman–Crippen MR) is 125 cm³/mol. The molecule has 3 aromatic heterocycles. The Morgan fingerprint density at radius 1 is 1.19 bits per heavy atom. The molecular weight excluding hydrogens is 398 g/mol. The maximum Gasteiger partial charge on any atom is 0.255 e. The molecule has 0 saturated carbocycles. The van der Waals surface area contributed by atoms with E-state index >= 15 is 0 Å². The van der Waals surface area contributed by atoms with Gasteiger partial charge in [0.25, 0.3) is 5.91 Å². The molecule has 162 valence electrons. The molecule has 5 heterocycles. The summed E-state index contributed by atoms with van der Waals surface area (Å²) in [6, 6.07) is 9.06. The lowest BCUT2D eigenvalue weighted by molar-refractivity contribution is 0.0751. The fourth-order valence-corrected chi connectivity index (χ4v) is 5.22. The number of hydrogen-bond donors (Lipinski definition) is 2. The highest BCUT2D eigenvalue weighted by Gasteiger charge is 2.30. The van der Waals surface area contributed by atoms with E-state index in [1.165, 1.54) is 34.2 Å². The van der Waals surface area contributed by atoms with Gasteiger partial charge >= 0.3 is 0 Å². The molecule has 0 aliphatic carbocycles. The maximum atomic E-state index is 13.2. The summed E-state index contributed by atoms with van der Waals surface area (Å²) in [5.41, 5.74) is 9.07. The Labute approximate surface area is 187 Å². The van der Waals surface area contributed by atoms with Gasteiger partial charge in [0.1, 0.15) is 5.65 Å². The van der Waals surface area contributed by atoms with E-state index in [0.717, 1.165) is 35.1 Å². The van der Waals surface area contributed by atoms with E-state index in [-0.39, 0.29) is 5.91 Å². The molecule has 1 saturated heterocycles. The van der Waals surface area contributed by atoms with Crippen LogP contribution in [0, 0.1) is 6.92 Å². The first-order valence-corrected chi connectivity index (χ1v) is 11.3. The minimum Gasteiger partial charge on any atom is -0.356 e. The molecular formula is C26H27N5O. The van der Waals surface area contributed by atoms with Gasteiger partial charge in [-0.05, 0) is 78.4 Å². The molecule has 0 bridgehead atoms. The molecule has 2 aliphatic heterocycles. The molecule has 6 rings (SSSR count).